The lowest BCUT2D eigenvalue weighted by Gasteiger charge is -2.35. The van der Waals surface area contributed by atoms with Crippen LogP contribution in [0.5, 0.6) is 0 Å². The zero-order valence-electron chi connectivity index (χ0n) is 18.8. The zero-order chi connectivity index (χ0) is 24.2. The number of nitrogens with zero attached hydrogens (tertiary/aromatic N) is 2. The van der Waals surface area contributed by atoms with Crippen LogP contribution in [0.15, 0.2) is 46.9 Å². The van der Waals surface area contributed by atoms with Crippen molar-refractivity contribution >= 4 is 33.5 Å². The Kier molecular flexibility index (Phi) is 7.76. The van der Waals surface area contributed by atoms with Crippen molar-refractivity contribution < 1.29 is 23.2 Å². The van der Waals surface area contributed by atoms with E-state index in [-0.39, 0.29) is 42.3 Å². The Bertz CT molecular complexity index is 1060. The number of halogens is 3. The first-order valence-corrected chi connectivity index (χ1v) is 12.4. The number of rotatable bonds is 8. The Balaban J connectivity index is 1.32. The summed E-state index contributed by atoms with van der Waals surface area (Å²) in [7, 11) is 0. The summed E-state index contributed by atoms with van der Waals surface area (Å²) in [5, 5.41) is 0. The van der Waals surface area contributed by atoms with Gasteiger partial charge in [0.15, 0.2) is 11.6 Å². The third-order valence-electron chi connectivity index (χ3n) is 6.57. The molecule has 1 aliphatic heterocycles. The highest BCUT2D eigenvalue weighted by molar-refractivity contribution is 9.10. The van der Waals surface area contributed by atoms with Crippen molar-refractivity contribution in [3.05, 3.63) is 69.7 Å². The van der Waals surface area contributed by atoms with Crippen LogP contribution in [0.3, 0.4) is 0 Å². The molecule has 2 aliphatic rings. The molecule has 4 rings (SSSR count). The van der Waals surface area contributed by atoms with E-state index < -0.39 is 11.6 Å². The van der Waals surface area contributed by atoms with Gasteiger partial charge in [0.2, 0.25) is 11.8 Å². The summed E-state index contributed by atoms with van der Waals surface area (Å²) in [6.07, 6.45) is 2.49. The van der Waals surface area contributed by atoms with Crippen molar-refractivity contribution in [3.63, 3.8) is 0 Å². The van der Waals surface area contributed by atoms with Crippen LogP contribution in [-0.4, -0.2) is 53.6 Å². The fourth-order valence-electron chi connectivity index (χ4n) is 4.34. The smallest absolute Gasteiger partial charge is 0.227 e. The molecule has 0 aromatic heterocycles. The number of carbonyl (C=O) groups excluding carboxylic acids is 3. The maximum atomic E-state index is 13.4. The van der Waals surface area contributed by atoms with Gasteiger partial charge in [-0.1, -0.05) is 34.1 Å². The van der Waals surface area contributed by atoms with E-state index in [1.165, 1.54) is 6.07 Å². The van der Waals surface area contributed by atoms with Crippen LogP contribution >= 0.6 is 15.9 Å². The van der Waals surface area contributed by atoms with Gasteiger partial charge in [0, 0.05) is 49.4 Å². The minimum Gasteiger partial charge on any atom is -0.339 e. The molecule has 34 heavy (non-hydrogen) atoms. The highest BCUT2D eigenvalue weighted by Gasteiger charge is 2.33. The Morgan fingerprint density at radius 2 is 1.47 bits per heavy atom. The molecule has 1 aliphatic carbocycles. The number of hydrogen-bond donors (Lipinski definition) is 0. The van der Waals surface area contributed by atoms with E-state index in [4.69, 9.17) is 0 Å². The number of amides is 2. The minimum absolute atomic E-state index is 0.0138. The van der Waals surface area contributed by atoms with Gasteiger partial charge in [-0.05, 0) is 54.2 Å². The molecular formula is C26H27BrF2N2O3. The molecular weight excluding hydrogens is 506 g/mol. The predicted molar refractivity (Wildman–Crippen MR) is 127 cm³/mol. The molecule has 180 valence electrons. The standard InChI is InChI=1S/C26H27BrF2N2O3/c27-21-6-4-18(5-7-21)20(15-24(32)19-2-3-19)16-26(34)31-11-9-30(10-12-31)25(33)14-17-1-8-22(28)23(29)13-17/h1,4-8,13,19-20H,2-3,9-12,14-16H2. The predicted octanol–water partition coefficient (Wildman–Crippen LogP) is 4.48. The van der Waals surface area contributed by atoms with Crippen molar-refractivity contribution in [2.24, 2.45) is 5.92 Å². The second kappa shape index (κ2) is 10.8. The van der Waals surface area contributed by atoms with Gasteiger partial charge in [-0.2, -0.15) is 0 Å². The molecule has 0 radical (unpaired) electrons. The summed E-state index contributed by atoms with van der Waals surface area (Å²) in [5.41, 5.74) is 1.39. The number of Topliss-reactive ketones (excluding diaryl/α,β-unsaturated/α-hetero) is 1. The van der Waals surface area contributed by atoms with Crippen LogP contribution < -0.4 is 0 Å². The van der Waals surface area contributed by atoms with Crippen LogP contribution in [0.4, 0.5) is 8.78 Å². The summed E-state index contributed by atoms with van der Waals surface area (Å²) >= 11 is 3.43. The number of ketones is 1. The first kappa shape index (κ1) is 24.5. The molecule has 5 nitrogen and oxygen atoms in total. The Labute approximate surface area is 206 Å². The van der Waals surface area contributed by atoms with Crippen LogP contribution in [0.1, 0.15) is 42.7 Å². The lowest BCUT2D eigenvalue weighted by Crippen LogP contribution is -2.51. The first-order valence-electron chi connectivity index (χ1n) is 11.6. The van der Waals surface area contributed by atoms with Crippen molar-refractivity contribution in [1.82, 2.24) is 9.80 Å². The quantitative estimate of drug-likeness (QED) is 0.503. The summed E-state index contributed by atoms with van der Waals surface area (Å²) in [5.74, 6) is -1.90. The average molecular weight is 533 g/mol. The molecule has 1 saturated carbocycles. The number of benzene rings is 2. The number of hydrogen-bond acceptors (Lipinski definition) is 3. The molecule has 1 unspecified atom stereocenters. The van der Waals surface area contributed by atoms with Gasteiger partial charge >= 0.3 is 0 Å². The molecule has 2 aromatic rings. The molecule has 0 bridgehead atoms. The maximum absolute atomic E-state index is 13.4. The van der Waals surface area contributed by atoms with E-state index in [1.54, 1.807) is 9.80 Å². The van der Waals surface area contributed by atoms with Crippen molar-refractivity contribution in [3.8, 4) is 0 Å². The van der Waals surface area contributed by atoms with E-state index in [9.17, 15) is 23.2 Å². The lowest BCUT2D eigenvalue weighted by atomic mass is 9.89. The van der Waals surface area contributed by atoms with Crippen LogP contribution in [0, 0.1) is 17.6 Å². The monoisotopic (exact) mass is 532 g/mol. The molecule has 2 fully saturated rings. The Morgan fingerprint density at radius 3 is 2.06 bits per heavy atom. The van der Waals surface area contributed by atoms with E-state index in [0.29, 0.717) is 38.2 Å². The van der Waals surface area contributed by atoms with Crippen LogP contribution in [0.25, 0.3) is 0 Å². The minimum atomic E-state index is -0.971. The third kappa shape index (κ3) is 6.29. The van der Waals surface area contributed by atoms with E-state index in [1.807, 2.05) is 24.3 Å². The van der Waals surface area contributed by atoms with Crippen LogP contribution in [0.2, 0.25) is 0 Å². The summed E-state index contributed by atoms with van der Waals surface area (Å²) < 4.78 is 27.5. The maximum Gasteiger partial charge on any atom is 0.227 e. The summed E-state index contributed by atoms with van der Waals surface area (Å²) in [6.45, 7) is 1.59. The topological polar surface area (TPSA) is 57.7 Å². The second-order valence-electron chi connectivity index (χ2n) is 9.08. The third-order valence-corrected chi connectivity index (χ3v) is 7.10. The van der Waals surface area contributed by atoms with Gasteiger partial charge in [0.1, 0.15) is 5.78 Å². The molecule has 2 aromatic carbocycles. The number of carbonyl (C=O) groups is 3. The fourth-order valence-corrected chi connectivity index (χ4v) is 4.60. The number of piperazine rings is 1. The largest absolute Gasteiger partial charge is 0.339 e. The second-order valence-corrected chi connectivity index (χ2v) is 10.00. The fraction of sp³-hybridized carbons (Fsp3) is 0.423. The van der Waals surface area contributed by atoms with Gasteiger partial charge < -0.3 is 9.80 Å². The van der Waals surface area contributed by atoms with E-state index >= 15 is 0 Å². The van der Waals surface area contributed by atoms with Gasteiger partial charge in [0.05, 0.1) is 6.42 Å². The summed E-state index contributed by atoms with van der Waals surface area (Å²) in [4.78, 5) is 41.6. The van der Waals surface area contributed by atoms with Gasteiger partial charge in [-0.25, -0.2) is 8.78 Å². The molecule has 0 N–H and O–H groups in total. The van der Waals surface area contributed by atoms with Crippen molar-refractivity contribution in [1.29, 1.82) is 0 Å². The van der Waals surface area contributed by atoms with Gasteiger partial charge in [-0.3, -0.25) is 14.4 Å². The molecule has 1 atom stereocenters. The normalized spacial score (nSPS) is 16.9. The molecule has 1 saturated heterocycles. The molecule has 8 heteroatoms. The van der Waals surface area contributed by atoms with E-state index in [0.717, 1.165) is 35.0 Å². The Morgan fingerprint density at radius 1 is 0.853 bits per heavy atom. The molecule has 0 spiro atoms. The Hall–Kier alpha value is -2.61. The van der Waals surface area contributed by atoms with Crippen LogP contribution in [-0.2, 0) is 20.8 Å². The summed E-state index contributed by atoms with van der Waals surface area (Å²) in [6, 6.07) is 11.2. The highest BCUT2D eigenvalue weighted by atomic mass is 79.9. The zero-order valence-corrected chi connectivity index (χ0v) is 20.4. The van der Waals surface area contributed by atoms with Gasteiger partial charge in [-0.15, -0.1) is 0 Å². The lowest BCUT2D eigenvalue weighted by molar-refractivity contribution is -0.139. The molecule has 1 heterocycles. The average Bonchev–Trinajstić information content (AvgIpc) is 3.67. The van der Waals surface area contributed by atoms with Gasteiger partial charge in [0.25, 0.3) is 0 Å². The van der Waals surface area contributed by atoms with Crippen molar-refractivity contribution in [2.75, 3.05) is 26.2 Å². The molecule has 2 amide bonds. The SMILES string of the molecule is O=C(CC(CC(=O)N1CCN(C(=O)Cc2ccc(F)c(F)c2)CC1)c1ccc(Br)cc1)C1CC1. The first-order chi connectivity index (χ1) is 16.3. The highest BCUT2D eigenvalue weighted by Crippen LogP contribution is 2.35. The van der Waals surface area contributed by atoms with E-state index in [2.05, 4.69) is 15.9 Å². The van der Waals surface area contributed by atoms with Crippen molar-refractivity contribution in [2.45, 2.75) is 38.0 Å².